The van der Waals surface area contributed by atoms with Crippen LogP contribution in [0.5, 0.6) is 0 Å². The summed E-state index contributed by atoms with van der Waals surface area (Å²) in [7, 11) is 0. The Morgan fingerprint density at radius 3 is 2.89 bits per heavy atom. The van der Waals surface area contributed by atoms with E-state index in [9.17, 15) is 10.1 Å². The van der Waals surface area contributed by atoms with Crippen molar-refractivity contribution >= 4 is 27.3 Å². The molecule has 0 saturated carbocycles. The van der Waals surface area contributed by atoms with Crippen LogP contribution in [0, 0.1) is 16.0 Å². The van der Waals surface area contributed by atoms with Gasteiger partial charge in [-0.25, -0.2) is 0 Å². The second-order valence-corrected chi connectivity index (χ2v) is 5.89. The fourth-order valence-electron chi connectivity index (χ4n) is 2.36. The van der Waals surface area contributed by atoms with Crippen molar-refractivity contribution in [3.63, 3.8) is 0 Å². The Kier molecular flexibility index (Phi) is 4.42. The van der Waals surface area contributed by atoms with Gasteiger partial charge in [-0.2, -0.15) is 0 Å². The Hall–Kier alpha value is -1.14. The second kappa shape index (κ2) is 5.88. The highest BCUT2D eigenvalue weighted by Crippen LogP contribution is 2.34. The molecule has 1 heterocycles. The van der Waals surface area contributed by atoms with Gasteiger partial charge in [0.1, 0.15) is 5.69 Å². The predicted octanol–water partition coefficient (Wildman–Crippen LogP) is 3.22. The van der Waals surface area contributed by atoms with Gasteiger partial charge in [0.2, 0.25) is 0 Å². The minimum absolute atomic E-state index is 0.141. The zero-order valence-electron chi connectivity index (χ0n) is 11.0. The lowest BCUT2D eigenvalue weighted by Gasteiger charge is -2.39. The molecule has 1 fully saturated rings. The monoisotopic (exact) mass is 328 g/mol. The lowest BCUT2D eigenvalue weighted by atomic mass is 10.0. The maximum atomic E-state index is 11.2. The number of rotatable bonds is 3. The summed E-state index contributed by atoms with van der Waals surface area (Å²) in [5.41, 5.74) is 0.817. The van der Waals surface area contributed by atoms with Crippen molar-refractivity contribution in [2.24, 2.45) is 5.92 Å². The quantitative estimate of drug-likeness (QED) is 0.631. The molecule has 1 aliphatic heterocycles. The molecule has 19 heavy (non-hydrogen) atoms. The van der Waals surface area contributed by atoms with E-state index in [-0.39, 0.29) is 16.7 Å². The fourth-order valence-corrected chi connectivity index (χ4v) is 2.71. The predicted molar refractivity (Wildman–Crippen MR) is 77.6 cm³/mol. The number of hydrogen-bond donors (Lipinski definition) is 0. The number of nitro groups is 1. The van der Waals surface area contributed by atoms with E-state index in [0.717, 1.165) is 4.47 Å². The molecule has 1 aromatic rings. The summed E-state index contributed by atoms with van der Waals surface area (Å²) in [6, 6.07) is 5.38. The van der Waals surface area contributed by atoms with Crippen molar-refractivity contribution in [1.29, 1.82) is 0 Å². The first-order valence-electron chi connectivity index (χ1n) is 6.29. The minimum atomic E-state index is -0.326. The number of morpholine rings is 1. The lowest BCUT2D eigenvalue weighted by Crippen LogP contribution is -2.48. The van der Waals surface area contributed by atoms with Crippen LogP contribution in [0.2, 0.25) is 0 Å². The topological polar surface area (TPSA) is 55.6 Å². The zero-order chi connectivity index (χ0) is 14.0. The third-order valence-electron chi connectivity index (χ3n) is 3.38. The normalized spacial score (nSPS) is 19.8. The van der Waals surface area contributed by atoms with Gasteiger partial charge in [-0.05, 0) is 18.1 Å². The van der Waals surface area contributed by atoms with E-state index in [1.165, 1.54) is 0 Å². The highest BCUT2D eigenvalue weighted by atomic mass is 79.9. The van der Waals surface area contributed by atoms with Crippen LogP contribution in [0.3, 0.4) is 0 Å². The van der Waals surface area contributed by atoms with Crippen molar-refractivity contribution in [3.8, 4) is 0 Å². The van der Waals surface area contributed by atoms with Gasteiger partial charge in [-0.3, -0.25) is 10.1 Å². The summed E-state index contributed by atoms with van der Waals surface area (Å²) in [6.07, 6.45) is 0. The van der Waals surface area contributed by atoms with Gasteiger partial charge in [0, 0.05) is 17.1 Å². The van der Waals surface area contributed by atoms with E-state index in [2.05, 4.69) is 34.7 Å². The zero-order valence-corrected chi connectivity index (χ0v) is 12.6. The maximum Gasteiger partial charge on any atom is 0.293 e. The van der Waals surface area contributed by atoms with Crippen LogP contribution in [-0.4, -0.2) is 30.7 Å². The number of nitrogens with zero attached hydrogens (tertiary/aromatic N) is 2. The van der Waals surface area contributed by atoms with E-state index in [1.807, 2.05) is 12.1 Å². The largest absolute Gasteiger partial charge is 0.377 e. The molecule has 5 nitrogen and oxygen atoms in total. The molecule has 2 rings (SSSR count). The summed E-state index contributed by atoms with van der Waals surface area (Å²) < 4.78 is 6.22. The van der Waals surface area contributed by atoms with Crippen molar-refractivity contribution in [1.82, 2.24) is 0 Å². The molecule has 0 aromatic heterocycles. The van der Waals surface area contributed by atoms with Crippen LogP contribution < -0.4 is 4.90 Å². The van der Waals surface area contributed by atoms with E-state index < -0.39 is 0 Å². The van der Waals surface area contributed by atoms with E-state index in [4.69, 9.17) is 4.74 Å². The summed E-state index contributed by atoms with van der Waals surface area (Å²) >= 11 is 3.29. The number of hydrogen-bond acceptors (Lipinski definition) is 4. The number of benzene rings is 1. The average Bonchev–Trinajstić information content (AvgIpc) is 2.38. The molecular formula is C13H17BrN2O3. The van der Waals surface area contributed by atoms with Crippen molar-refractivity contribution in [3.05, 3.63) is 32.8 Å². The van der Waals surface area contributed by atoms with Gasteiger partial charge in [0.05, 0.1) is 24.2 Å². The number of halogens is 1. The number of anilines is 1. The molecule has 1 unspecified atom stereocenters. The first-order chi connectivity index (χ1) is 9.00. The van der Waals surface area contributed by atoms with E-state index in [1.54, 1.807) is 6.07 Å². The Labute approximate surface area is 120 Å². The summed E-state index contributed by atoms with van der Waals surface area (Å²) in [4.78, 5) is 13.0. The first-order valence-corrected chi connectivity index (χ1v) is 7.08. The molecule has 0 aliphatic carbocycles. The Bertz CT molecular complexity index is 479. The molecule has 0 N–H and O–H groups in total. The summed E-state index contributed by atoms with van der Waals surface area (Å²) in [5, 5.41) is 11.2. The first kappa shape index (κ1) is 14.3. The highest BCUT2D eigenvalue weighted by molar-refractivity contribution is 9.10. The van der Waals surface area contributed by atoms with Gasteiger partial charge in [-0.15, -0.1) is 0 Å². The Morgan fingerprint density at radius 2 is 2.26 bits per heavy atom. The maximum absolute atomic E-state index is 11.2. The van der Waals surface area contributed by atoms with E-state index in [0.29, 0.717) is 31.4 Å². The molecule has 1 aliphatic rings. The van der Waals surface area contributed by atoms with Crippen LogP contribution >= 0.6 is 15.9 Å². The Morgan fingerprint density at radius 1 is 1.53 bits per heavy atom. The number of nitro benzene ring substituents is 1. The fraction of sp³-hybridized carbons (Fsp3) is 0.538. The third kappa shape index (κ3) is 3.06. The molecule has 1 aromatic carbocycles. The van der Waals surface area contributed by atoms with Crippen molar-refractivity contribution < 1.29 is 9.66 Å². The average molecular weight is 329 g/mol. The smallest absolute Gasteiger partial charge is 0.293 e. The van der Waals surface area contributed by atoms with Crippen molar-refractivity contribution in [2.45, 2.75) is 19.9 Å². The van der Waals surface area contributed by atoms with Crippen LogP contribution in [0.25, 0.3) is 0 Å². The number of ether oxygens (including phenoxy) is 1. The molecule has 1 saturated heterocycles. The van der Waals surface area contributed by atoms with Crippen LogP contribution in [-0.2, 0) is 4.74 Å². The lowest BCUT2D eigenvalue weighted by molar-refractivity contribution is -0.384. The molecule has 1 atom stereocenters. The van der Waals surface area contributed by atoms with Gasteiger partial charge in [-0.1, -0.05) is 29.8 Å². The SMILES string of the molecule is CC(C)C1COCCN1c1ccc(Br)cc1[N+](=O)[O-]. The standard InChI is InChI=1S/C13H17BrN2O3/c1-9(2)13-8-19-6-5-15(13)11-4-3-10(14)7-12(11)16(17)18/h3-4,7,9,13H,5-6,8H2,1-2H3. The molecule has 0 radical (unpaired) electrons. The van der Waals surface area contributed by atoms with Gasteiger partial charge in [0.25, 0.3) is 5.69 Å². The van der Waals surface area contributed by atoms with Gasteiger partial charge < -0.3 is 9.64 Å². The molecular weight excluding hydrogens is 312 g/mol. The minimum Gasteiger partial charge on any atom is -0.377 e. The summed E-state index contributed by atoms with van der Waals surface area (Å²) in [6.45, 7) is 6.13. The summed E-state index contributed by atoms with van der Waals surface area (Å²) in [5.74, 6) is 0.378. The van der Waals surface area contributed by atoms with Crippen LogP contribution in [0.1, 0.15) is 13.8 Å². The van der Waals surface area contributed by atoms with Gasteiger partial charge in [0.15, 0.2) is 0 Å². The van der Waals surface area contributed by atoms with Crippen LogP contribution in [0.15, 0.2) is 22.7 Å². The highest BCUT2D eigenvalue weighted by Gasteiger charge is 2.30. The van der Waals surface area contributed by atoms with E-state index >= 15 is 0 Å². The molecule has 0 bridgehead atoms. The molecule has 6 heteroatoms. The van der Waals surface area contributed by atoms with Crippen molar-refractivity contribution in [2.75, 3.05) is 24.7 Å². The third-order valence-corrected chi connectivity index (χ3v) is 3.87. The Balaban J connectivity index is 2.41. The molecule has 104 valence electrons. The molecule has 0 spiro atoms. The second-order valence-electron chi connectivity index (χ2n) is 4.97. The van der Waals surface area contributed by atoms with Crippen LogP contribution in [0.4, 0.5) is 11.4 Å². The molecule has 0 amide bonds. The van der Waals surface area contributed by atoms with Gasteiger partial charge >= 0.3 is 0 Å².